The fourth-order valence-corrected chi connectivity index (χ4v) is 2.77. The van der Waals surface area contributed by atoms with Crippen LogP contribution in [-0.2, 0) is 11.3 Å². The molecule has 0 bridgehead atoms. The van der Waals surface area contributed by atoms with E-state index in [2.05, 4.69) is 54.9 Å². The van der Waals surface area contributed by atoms with Gasteiger partial charge in [-0.2, -0.15) is 0 Å². The van der Waals surface area contributed by atoms with Gasteiger partial charge in [0.05, 0.1) is 19.3 Å². The number of ether oxygens (including phenoxy) is 1. The molecule has 0 saturated heterocycles. The summed E-state index contributed by atoms with van der Waals surface area (Å²) >= 11 is 1.72. The lowest BCUT2D eigenvalue weighted by Gasteiger charge is -2.16. The van der Waals surface area contributed by atoms with Crippen molar-refractivity contribution in [2.45, 2.75) is 32.6 Å². The molecular formula is C17H23NO2S. The Hall–Kier alpha value is -1.20. The standard InChI is InChI=1S/C17H23NO2S/c1-13-5-7-15(8-6-13)11-20-12-16(19)10-18-14(2)17-4-3-9-21-17/h3-9,14,16,18-19H,10-12H2,1-2H3. The van der Waals surface area contributed by atoms with Gasteiger partial charge in [-0.05, 0) is 30.9 Å². The second-order valence-corrected chi connectivity index (χ2v) is 6.28. The summed E-state index contributed by atoms with van der Waals surface area (Å²) in [5.41, 5.74) is 2.37. The molecule has 0 aliphatic heterocycles. The molecule has 0 fully saturated rings. The third-order valence-corrected chi connectivity index (χ3v) is 4.38. The van der Waals surface area contributed by atoms with Gasteiger partial charge in [-0.25, -0.2) is 0 Å². The summed E-state index contributed by atoms with van der Waals surface area (Å²) in [6.45, 7) is 5.59. The number of aliphatic hydroxyl groups is 1. The zero-order valence-electron chi connectivity index (χ0n) is 12.6. The molecule has 2 atom stereocenters. The molecule has 0 amide bonds. The highest BCUT2D eigenvalue weighted by molar-refractivity contribution is 7.10. The van der Waals surface area contributed by atoms with Crippen molar-refractivity contribution in [1.29, 1.82) is 0 Å². The van der Waals surface area contributed by atoms with Gasteiger partial charge in [0.1, 0.15) is 0 Å². The topological polar surface area (TPSA) is 41.5 Å². The molecule has 2 unspecified atom stereocenters. The van der Waals surface area contributed by atoms with Crippen molar-refractivity contribution < 1.29 is 9.84 Å². The Balaban J connectivity index is 1.63. The molecule has 2 rings (SSSR count). The van der Waals surface area contributed by atoms with E-state index in [1.807, 2.05) is 6.07 Å². The van der Waals surface area contributed by atoms with Crippen LogP contribution < -0.4 is 5.32 Å². The Kier molecular flexibility index (Phi) is 6.39. The summed E-state index contributed by atoms with van der Waals surface area (Å²) in [5.74, 6) is 0. The van der Waals surface area contributed by atoms with E-state index in [0.717, 1.165) is 5.56 Å². The van der Waals surface area contributed by atoms with E-state index >= 15 is 0 Å². The van der Waals surface area contributed by atoms with Gasteiger partial charge in [-0.1, -0.05) is 35.9 Å². The lowest BCUT2D eigenvalue weighted by Crippen LogP contribution is -2.31. The van der Waals surface area contributed by atoms with E-state index in [-0.39, 0.29) is 6.04 Å². The molecule has 0 aliphatic rings. The maximum Gasteiger partial charge on any atom is 0.0898 e. The van der Waals surface area contributed by atoms with Crippen LogP contribution in [0.25, 0.3) is 0 Å². The summed E-state index contributed by atoms with van der Waals surface area (Å²) in [7, 11) is 0. The van der Waals surface area contributed by atoms with Gasteiger partial charge in [0.15, 0.2) is 0 Å². The van der Waals surface area contributed by atoms with Crippen molar-refractivity contribution >= 4 is 11.3 Å². The van der Waals surface area contributed by atoms with Crippen LogP contribution in [0.4, 0.5) is 0 Å². The van der Waals surface area contributed by atoms with Crippen molar-refractivity contribution in [3.05, 3.63) is 57.8 Å². The molecular weight excluding hydrogens is 282 g/mol. The predicted molar refractivity (Wildman–Crippen MR) is 87.6 cm³/mol. The molecule has 3 nitrogen and oxygen atoms in total. The highest BCUT2D eigenvalue weighted by atomic mass is 32.1. The van der Waals surface area contributed by atoms with Crippen molar-refractivity contribution in [2.24, 2.45) is 0 Å². The van der Waals surface area contributed by atoms with Gasteiger partial charge >= 0.3 is 0 Å². The molecule has 1 aromatic heterocycles. The maximum atomic E-state index is 9.93. The fourth-order valence-electron chi connectivity index (χ4n) is 2.01. The van der Waals surface area contributed by atoms with Crippen molar-refractivity contribution in [3.8, 4) is 0 Å². The summed E-state index contributed by atoms with van der Waals surface area (Å²) in [5, 5.41) is 15.3. The minimum Gasteiger partial charge on any atom is -0.389 e. The van der Waals surface area contributed by atoms with Crippen LogP contribution in [0.1, 0.15) is 29.0 Å². The Morgan fingerprint density at radius 1 is 1.24 bits per heavy atom. The molecule has 4 heteroatoms. The molecule has 0 saturated carbocycles. The van der Waals surface area contributed by atoms with Crippen molar-refractivity contribution in [3.63, 3.8) is 0 Å². The minimum absolute atomic E-state index is 0.261. The van der Waals surface area contributed by atoms with Crippen LogP contribution in [0.15, 0.2) is 41.8 Å². The van der Waals surface area contributed by atoms with Gasteiger partial charge in [-0.15, -0.1) is 11.3 Å². The first-order chi connectivity index (χ1) is 10.1. The maximum absolute atomic E-state index is 9.93. The third-order valence-electron chi connectivity index (χ3n) is 3.33. The first kappa shape index (κ1) is 16.2. The Bertz CT molecular complexity index is 510. The van der Waals surface area contributed by atoms with E-state index in [1.165, 1.54) is 10.4 Å². The first-order valence-corrected chi connectivity index (χ1v) is 8.11. The Morgan fingerprint density at radius 3 is 2.67 bits per heavy atom. The van der Waals surface area contributed by atoms with Gasteiger partial charge in [0.2, 0.25) is 0 Å². The summed E-state index contributed by atoms with van der Waals surface area (Å²) < 4.78 is 5.56. The number of benzene rings is 1. The van der Waals surface area contributed by atoms with Gasteiger partial charge in [0, 0.05) is 17.5 Å². The van der Waals surface area contributed by atoms with Crippen LogP contribution >= 0.6 is 11.3 Å². The van der Waals surface area contributed by atoms with Crippen LogP contribution in [0, 0.1) is 6.92 Å². The number of aryl methyl sites for hydroxylation is 1. The average Bonchev–Trinajstić information content (AvgIpc) is 3.01. The van der Waals surface area contributed by atoms with Crippen molar-refractivity contribution in [2.75, 3.05) is 13.2 Å². The molecule has 0 aliphatic carbocycles. The van der Waals surface area contributed by atoms with E-state index in [0.29, 0.717) is 19.8 Å². The van der Waals surface area contributed by atoms with Crippen LogP contribution in [0.3, 0.4) is 0 Å². The summed E-state index contributed by atoms with van der Waals surface area (Å²) in [4.78, 5) is 1.28. The van der Waals surface area contributed by atoms with E-state index in [1.54, 1.807) is 11.3 Å². The van der Waals surface area contributed by atoms with Crippen LogP contribution in [0.5, 0.6) is 0 Å². The number of nitrogens with one attached hydrogen (secondary N) is 1. The number of hydrogen-bond acceptors (Lipinski definition) is 4. The average molecular weight is 305 g/mol. The quantitative estimate of drug-likeness (QED) is 0.786. The van der Waals surface area contributed by atoms with Gasteiger partial charge in [-0.3, -0.25) is 0 Å². The van der Waals surface area contributed by atoms with Crippen LogP contribution in [-0.4, -0.2) is 24.4 Å². The Labute approximate surface area is 130 Å². The molecule has 1 heterocycles. The highest BCUT2D eigenvalue weighted by Gasteiger charge is 2.09. The van der Waals surface area contributed by atoms with Crippen LogP contribution in [0.2, 0.25) is 0 Å². The largest absolute Gasteiger partial charge is 0.389 e. The SMILES string of the molecule is Cc1ccc(COCC(O)CNC(C)c2cccs2)cc1. The minimum atomic E-state index is -0.488. The lowest BCUT2D eigenvalue weighted by molar-refractivity contribution is 0.0278. The third kappa shape index (κ3) is 5.59. The Morgan fingerprint density at radius 2 is 2.00 bits per heavy atom. The molecule has 2 N–H and O–H groups in total. The predicted octanol–water partition coefficient (Wildman–Crippen LogP) is 3.28. The zero-order chi connectivity index (χ0) is 15.1. The summed E-state index contributed by atoms with van der Waals surface area (Å²) in [6, 6.07) is 12.6. The number of thiophene rings is 1. The zero-order valence-corrected chi connectivity index (χ0v) is 13.4. The number of hydrogen-bond donors (Lipinski definition) is 2. The van der Waals surface area contributed by atoms with Gasteiger partial charge in [0.25, 0.3) is 0 Å². The fraction of sp³-hybridized carbons (Fsp3) is 0.412. The smallest absolute Gasteiger partial charge is 0.0898 e. The monoisotopic (exact) mass is 305 g/mol. The lowest BCUT2D eigenvalue weighted by atomic mass is 10.2. The second kappa shape index (κ2) is 8.29. The summed E-state index contributed by atoms with van der Waals surface area (Å²) in [6.07, 6.45) is -0.488. The molecule has 2 aromatic rings. The number of rotatable bonds is 8. The molecule has 114 valence electrons. The van der Waals surface area contributed by atoms with E-state index in [4.69, 9.17) is 4.74 Å². The van der Waals surface area contributed by atoms with E-state index < -0.39 is 6.10 Å². The van der Waals surface area contributed by atoms with Crippen molar-refractivity contribution in [1.82, 2.24) is 5.32 Å². The highest BCUT2D eigenvalue weighted by Crippen LogP contribution is 2.17. The van der Waals surface area contributed by atoms with Gasteiger partial charge < -0.3 is 15.2 Å². The van der Waals surface area contributed by atoms with E-state index in [9.17, 15) is 5.11 Å². The molecule has 0 radical (unpaired) electrons. The number of aliphatic hydroxyl groups excluding tert-OH is 1. The molecule has 21 heavy (non-hydrogen) atoms. The molecule has 0 spiro atoms. The molecule has 1 aromatic carbocycles. The second-order valence-electron chi connectivity index (χ2n) is 5.30. The first-order valence-electron chi connectivity index (χ1n) is 7.23. The normalized spacial score (nSPS) is 14.0.